The molecule has 1 fully saturated rings. The van der Waals surface area contributed by atoms with E-state index < -0.39 is 5.97 Å². The average molecular weight is 299 g/mol. The van der Waals surface area contributed by atoms with Crippen LogP contribution in [0.3, 0.4) is 0 Å². The van der Waals surface area contributed by atoms with Gasteiger partial charge >= 0.3 is 5.97 Å². The first-order valence-electron chi connectivity index (χ1n) is 5.12. The van der Waals surface area contributed by atoms with Crippen LogP contribution in [-0.4, -0.2) is 36.6 Å². The number of rotatable bonds is 2. The van der Waals surface area contributed by atoms with E-state index in [1.807, 2.05) is 4.90 Å². The Morgan fingerprint density at radius 3 is 2.82 bits per heavy atom. The number of carboxylic acids is 1. The molecule has 0 aliphatic carbocycles. The monoisotopic (exact) mass is 298 g/mol. The highest BCUT2D eigenvalue weighted by atomic mass is 79.9. The van der Waals surface area contributed by atoms with E-state index in [4.69, 9.17) is 5.11 Å². The summed E-state index contributed by atoms with van der Waals surface area (Å²) < 4.78 is 0.522. The molecule has 0 atom stereocenters. The summed E-state index contributed by atoms with van der Waals surface area (Å²) >= 11 is 3.22. The summed E-state index contributed by atoms with van der Waals surface area (Å²) in [5.41, 5.74) is 1.06. The van der Waals surface area contributed by atoms with Crippen LogP contribution in [0, 0.1) is 0 Å². The van der Waals surface area contributed by atoms with Gasteiger partial charge in [0.2, 0.25) is 5.91 Å². The van der Waals surface area contributed by atoms with Crippen molar-refractivity contribution in [2.75, 3.05) is 24.5 Å². The van der Waals surface area contributed by atoms with Gasteiger partial charge in [-0.3, -0.25) is 4.79 Å². The molecule has 0 spiro atoms. The molecule has 0 bridgehead atoms. The van der Waals surface area contributed by atoms with Crippen LogP contribution in [0.4, 0.5) is 5.69 Å². The molecule has 0 radical (unpaired) electrons. The zero-order valence-corrected chi connectivity index (χ0v) is 10.5. The maximum absolute atomic E-state index is 11.2. The summed E-state index contributed by atoms with van der Waals surface area (Å²) in [4.78, 5) is 24.0. The minimum absolute atomic E-state index is 0.0188. The van der Waals surface area contributed by atoms with E-state index in [9.17, 15) is 9.59 Å². The third-order valence-electron chi connectivity index (χ3n) is 2.59. The van der Waals surface area contributed by atoms with Crippen LogP contribution in [0.25, 0.3) is 0 Å². The highest BCUT2D eigenvalue weighted by Gasteiger charge is 2.18. The molecule has 2 N–H and O–H groups in total. The summed E-state index contributed by atoms with van der Waals surface area (Å²) in [6.45, 7) is 1.64. The predicted molar refractivity (Wildman–Crippen MR) is 66.3 cm³/mol. The van der Waals surface area contributed by atoms with Crippen LogP contribution < -0.4 is 10.2 Å². The molecule has 5 nitrogen and oxygen atoms in total. The summed E-state index contributed by atoms with van der Waals surface area (Å²) in [5, 5.41) is 11.6. The van der Waals surface area contributed by atoms with Crippen molar-refractivity contribution >= 4 is 33.5 Å². The van der Waals surface area contributed by atoms with Crippen molar-refractivity contribution in [3.8, 4) is 0 Å². The van der Waals surface area contributed by atoms with Gasteiger partial charge in [-0.05, 0) is 34.1 Å². The van der Waals surface area contributed by atoms with E-state index in [1.165, 1.54) is 6.07 Å². The first kappa shape index (κ1) is 11.9. The average Bonchev–Trinajstić information content (AvgIpc) is 2.28. The minimum Gasteiger partial charge on any atom is -0.478 e. The summed E-state index contributed by atoms with van der Waals surface area (Å²) in [6, 6.07) is 4.98. The third kappa shape index (κ3) is 2.58. The molecule has 1 amide bonds. The first-order chi connectivity index (χ1) is 8.08. The molecule has 6 heteroatoms. The fourth-order valence-electron chi connectivity index (χ4n) is 1.73. The van der Waals surface area contributed by atoms with Crippen LogP contribution in [0.5, 0.6) is 0 Å². The lowest BCUT2D eigenvalue weighted by molar-refractivity contribution is -0.120. The molecule has 0 saturated carbocycles. The molecule has 90 valence electrons. The van der Waals surface area contributed by atoms with Gasteiger partial charge in [0.15, 0.2) is 0 Å². The zero-order valence-electron chi connectivity index (χ0n) is 8.94. The Labute approximate surface area is 107 Å². The second-order valence-electron chi connectivity index (χ2n) is 3.74. The van der Waals surface area contributed by atoms with Crippen LogP contribution in [0.2, 0.25) is 0 Å². The fourth-order valence-corrected chi connectivity index (χ4v) is 2.27. The van der Waals surface area contributed by atoms with Crippen LogP contribution in [0.15, 0.2) is 22.7 Å². The number of carbonyl (C=O) groups excluding carboxylic acids is 1. The van der Waals surface area contributed by atoms with Gasteiger partial charge in [0.1, 0.15) is 0 Å². The topological polar surface area (TPSA) is 69.6 Å². The van der Waals surface area contributed by atoms with Gasteiger partial charge in [-0.15, -0.1) is 0 Å². The van der Waals surface area contributed by atoms with Crippen molar-refractivity contribution in [1.82, 2.24) is 5.32 Å². The van der Waals surface area contributed by atoms with E-state index in [1.54, 1.807) is 12.1 Å². The van der Waals surface area contributed by atoms with Crippen molar-refractivity contribution in [1.29, 1.82) is 0 Å². The lowest BCUT2D eigenvalue weighted by Gasteiger charge is -2.28. The second-order valence-corrected chi connectivity index (χ2v) is 4.60. The summed E-state index contributed by atoms with van der Waals surface area (Å²) in [7, 11) is 0. The van der Waals surface area contributed by atoms with Crippen molar-refractivity contribution in [2.45, 2.75) is 0 Å². The largest absolute Gasteiger partial charge is 0.478 e. The number of carboxylic acid groups (broad SMARTS) is 1. The SMILES string of the molecule is O=C1CN(c2ccc(C(=O)O)c(Br)c2)CCN1. The number of halogens is 1. The van der Waals surface area contributed by atoms with Crippen LogP contribution >= 0.6 is 15.9 Å². The smallest absolute Gasteiger partial charge is 0.336 e. The zero-order chi connectivity index (χ0) is 12.4. The number of nitrogens with zero attached hydrogens (tertiary/aromatic N) is 1. The molecular formula is C11H11BrN2O3. The Balaban J connectivity index is 2.25. The number of benzene rings is 1. The summed E-state index contributed by atoms with van der Waals surface area (Å²) in [6.07, 6.45) is 0. The number of nitrogens with one attached hydrogen (secondary N) is 1. The number of anilines is 1. The quantitative estimate of drug-likeness (QED) is 0.857. The fraction of sp³-hybridized carbons (Fsp3) is 0.273. The number of hydrogen-bond donors (Lipinski definition) is 2. The van der Waals surface area contributed by atoms with Gasteiger partial charge in [-0.1, -0.05) is 0 Å². The normalized spacial score (nSPS) is 15.6. The van der Waals surface area contributed by atoms with Crippen molar-refractivity contribution in [3.05, 3.63) is 28.2 Å². The molecule has 1 aromatic rings. The number of aromatic carboxylic acids is 1. The van der Waals surface area contributed by atoms with Crippen LogP contribution in [0.1, 0.15) is 10.4 Å². The van der Waals surface area contributed by atoms with Gasteiger partial charge in [0.05, 0.1) is 12.1 Å². The van der Waals surface area contributed by atoms with Crippen molar-refractivity contribution < 1.29 is 14.7 Å². The summed E-state index contributed by atoms with van der Waals surface area (Å²) in [5.74, 6) is -0.991. The van der Waals surface area contributed by atoms with Gasteiger partial charge in [-0.2, -0.15) is 0 Å². The van der Waals surface area contributed by atoms with E-state index >= 15 is 0 Å². The molecule has 1 aliphatic rings. The van der Waals surface area contributed by atoms with E-state index in [0.29, 0.717) is 17.6 Å². The Hall–Kier alpha value is -1.56. The molecular weight excluding hydrogens is 288 g/mol. The molecule has 1 saturated heterocycles. The second kappa shape index (κ2) is 4.75. The molecule has 1 heterocycles. The highest BCUT2D eigenvalue weighted by molar-refractivity contribution is 9.10. The number of hydrogen-bond acceptors (Lipinski definition) is 3. The number of piperazine rings is 1. The Bertz CT molecular complexity index is 476. The van der Waals surface area contributed by atoms with Crippen molar-refractivity contribution in [3.63, 3.8) is 0 Å². The van der Waals surface area contributed by atoms with Crippen LogP contribution in [-0.2, 0) is 4.79 Å². The molecule has 0 unspecified atom stereocenters. The van der Waals surface area contributed by atoms with Gasteiger partial charge in [0, 0.05) is 23.2 Å². The molecule has 1 aromatic carbocycles. The molecule has 2 rings (SSSR count). The third-order valence-corrected chi connectivity index (χ3v) is 3.24. The van der Waals surface area contributed by atoms with E-state index in [0.717, 1.165) is 12.2 Å². The standard InChI is InChI=1S/C11H11BrN2O3/c12-9-5-7(1-2-8(9)11(16)17)14-4-3-13-10(15)6-14/h1-2,5H,3-4,6H2,(H,13,15)(H,16,17). The maximum Gasteiger partial charge on any atom is 0.336 e. The van der Waals surface area contributed by atoms with E-state index in [-0.39, 0.29) is 11.5 Å². The maximum atomic E-state index is 11.2. The number of carbonyl (C=O) groups is 2. The Kier molecular flexibility index (Phi) is 3.33. The van der Waals surface area contributed by atoms with Gasteiger partial charge < -0.3 is 15.3 Å². The lowest BCUT2D eigenvalue weighted by Crippen LogP contribution is -2.47. The van der Waals surface area contributed by atoms with Gasteiger partial charge in [0.25, 0.3) is 0 Å². The lowest BCUT2D eigenvalue weighted by atomic mass is 10.2. The Morgan fingerprint density at radius 1 is 1.47 bits per heavy atom. The molecule has 0 aromatic heterocycles. The van der Waals surface area contributed by atoms with Crippen molar-refractivity contribution in [2.24, 2.45) is 0 Å². The Morgan fingerprint density at radius 2 is 2.24 bits per heavy atom. The molecule has 17 heavy (non-hydrogen) atoms. The molecule has 1 aliphatic heterocycles. The number of amides is 1. The van der Waals surface area contributed by atoms with Gasteiger partial charge in [-0.25, -0.2) is 4.79 Å². The first-order valence-corrected chi connectivity index (χ1v) is 5.92. The predicted octanol–water partition coefficient (Wildman–Crippen LogP) is 1.08. The van der Waals surface area contributed by atoms with E-state index in [2.05, 4.69) is 21.2 Å². The highest BCUT2D eigenvalue weighted by Crippen LogP contribution is 2.24. The minimum atomic E-state index is -0.972.